The smallest absolute Gasteiger partial charge is 0.188 e. The van der Waals surface area contributed by atoms with Gasteiger partial charge in [0.1, 0.15) is 19.0 Å². The van der Waals surface area contributed by atoms with Crippen LogP contribution < -0.4 is 4.74 Å². The lowest BCUT2D eigenvalue weighted by Crippen LogP contribution is -2.06. The van der Waals surface area contributed by atoms with Gasteiger partial charge in [0.15, 0.2) is 5.78 Å². The normalized spacial score (nSPS) is 10.2. The van der Waals surface area contributed by atoms with Crippen LogP contribution in [0.4, 0.5) is 0 Å². The minimum absolute atomic E-state index is 0.0305. The van der Waals surface area contributed by atoms with Crippen LogP contribution in [0.5, 0.6) is 5.75 Å². The van der Waals surface area contributed by atoms with Crippen LogP contribution in [-0.4, -0.2) is 19.5 Å². The molecule has 0 radical (unpaired) electrons. The molecule has 0 N–H and O–H groups in total. The molecule has 2 aromatic carbocycles. The van der Waals surface area contributed by atoms with Gasteiger partial charge in [-0.05, 0) is 29.8 Å². The molecule has 0 fully saturated rings. The number of rotatable bonds is 6. The van der Waals surface area contributed by atoms with Gasteiger partial charge >= 0.3 is 0 Å². The fourth-order valence-corrected chi connectivity index (χ4v) is 1.69. The van der Waals surface area contributed by atoms with Crippen LogP contribution in [0.2, 0.25) is 0 Å². The average Bonchev–Trinajstić information content (AvgIpc) is 2.47. The lowest BCUT2D eigenvalue weighted by molar-refractivity contribution is 0.0848. The second-order valence-electron chi connectivity index (χ2n) is 4.15. The first kappa shape index (κ1) is 13.3. The molecule has 3 heteroatoms. The second kappa shape index (κ2) is 6.71. The molecule has 0 aliphatic rings. The molecule has 0 aromatic heterocycles. The van der Waals surface area contributed by atoms with Crippen LogP contribution in [0.3, 0.4) is 0 Å². The summed E-state index contributed by atoms with van der Waals surface area (Å²) in [5.74, 6) is 0.718. The van der Waals surface area contributed by atoms with Gasteiger partial charge in [-0.15, -0.1) is 0 Å². The summed E-state index contributed by atoms with van der Waals surface area (Å²) >= 11 is 0. The summed E-state index contributed by atoms with van der Waals surface area (Å²) in [4.78, 5) is 11.6. The van der Waals surface area contributed by atoms with Crippen LogP contribution in [0, 0.1) is 0 Å². The van der Waals surface area contributed by atoms with Gasteiger partial charge in [-0.25, -0.2) is 0 Å². The van der Waals surface area contributed by atoms with E-state index in [4.69, 9.17) is 9.47 Å². The number of hydrogen-bond donors (Lipinski definition) is 0. The molecule has 2 aromatic rings. The van der Waals surface area contributed by atoms with Crippen LogP contribution in [-0.2, 0) is 11.3 Å². The van der Waals surface area contributed by atoms with E-state index in [0.717, 1.165) is 11.3 Å². The number of methoxy groups -OCH3 is 1. The summed E-state index contributed by atoms with van der Waals surface area (Å²) < 4.78 is 10.5. The third-order valence-electron chi connectivity index (χ3n) is 2.70. The van der Waals surface area contributed by atoms with E-state index in [1.807, 2.05) is 30.3 Å². The molecule has 0 bridgehead atoms. The summed E-state index contributed by atoms with van der Waals surface area (Å²) in [6.45, 7) is 0.621. The highest BCUT2D eigenvalue weighted by Crippen LogP contribution is 2.14. The van der Waals surface area contributed by atoms with Crippen LogP contribution >= 0.6 is 0 Å². The fourth-order valence-electron chi connectivity index (χ4n) is 1.69. The maximum atomic E-state index is 11.6. The maximum Gasteiger partial charge on any atom is 0.188 e. The van der Waals surface area contributed by atoms with E-state index < -0.39 is 0 Å². The Bertz CT molecular complexity index is 517. The molecule has 0 spiro atoms. The lowest BCUT2D eigenvalue weighted by atomic mass is 10.1. The predicted molar refractivity (Wildman–Crippen MR) is 73.4 cm³/mol. The Hall–Kier alpha value is -2.13. The molecule has 98 valence electrons. The average molecular weight is 256 g/mol. The number of benzene rings is 2. The largest absolute Gasteiger partial charge is 0.489 e. The number of Topliss-reactive ketones (excluding diaryl/α,β-unsaturated/α-hetero) is 1. The monoisotopic (exact) mass is 256 g/mol. The first-order valence-electron chi connectivity index (χ1n) is 6.08. The lowest BCUT2D eigenvalue weighted by Gasteiger charge is -2.07. The molecule has 0 aliphatic carbocycles. The third-order valence-corrected chi connectivity index (χ3v) is 2.70. The van der Waals surface area contributed by atoms with Crippen molar-refractivity contribution in [1.82, 2.24) is 0 Å². The van der Waals surface area contributed by atoms with Crippen molar-refractivity contribution in [1.29, 1.82) is 0 Å². The molecule has 0 saturated heterocycles. The van der Waals surface area contributed by atoms with Crippen molar-refractivity contribution in [3.63, 3.8) is 0 Å². The van der Waals surface area contributed by atoms with Crippen molar-refractivity contribution in [3.05, 3.63) is 65.7 Å². The van der Waals surface area contributed by atoms with E-state index >= 15 is 0 Å². The van der Waals surface area contributed by atoms with E-state index in [1.54, 1.807) is 24.3 Å². The first-order chi connectivity index (χ1) is 9.29. The Kier molecular flexibility index (Phi) is 4.70. The molecule has 19 heavy (non-hydrogen) atoms. The van der Waals surface area contributed by atoms with Gasteiger partial charge in [0.2, 0.25) is 0 Å². The number of carbonyl (C=O) groups is 1. The first-order valence-corrected chi connectivity index (χ1v) is 6.08. The van der Waals surface area contributed by atoms with E-state index in [-0.39, 0.29) is 12.4 Å². The van der Waals surface area contributed by atoms with Gasteiger partial charge < -0.3 is 9.47 Å². The predicted octanol–water partition coefficient (Wildman–Crippen LogP) is 3.09. The number of hydrogen-bond acceptors (Lipinski definition) is 3. The highest BCUT2D eigenvalue weighted by atomic mass is 16.5. The quantitative estimate of drug-likeness (QED) is 0.745. The molecule has 0 saturated carbocycles. The van der Waals surface area contributed by atoms with Gasteiger partial charge in [0, 0.05) is 12.7 Å². The Morgan fingerprint density at radius 1 is 1.00 bits per heavy atom. The van der Waals surface area contributed by atoms with E-state index in [9.17, 15) is 4.79 Å². The minimum Gasteiger partial charge on any atom is -0.489 e. The zero-order valence-corrected chi connectivity index (χ0v) is 10.8. The zero-order valence-electron chi connectivity index (χ0n) is 10.8. The molecule has 0 heterocycles. The van der Waals surface area contributed by atoms with Crippen molar-refractivity contribution in [2.24, 2.45) is 0 Å². The topological polar surface area (TPSA) is 35.5 Å². The van der Waals surface area contributed by atoms with Crippen LogP contribution in [0.15, 0.2) is 54.6 Å². The highest BCUT2D eigenvalue weighted by Gasteiger charge is 2.05. The molecule has 0 aliphatic heterocycles. The summed E-state index contributed by atoms with van der Waals surface area (Å²) in [5, 5.41) is 0. The summed E-state index contributed by atoms with van der Waals surface area (Å²) in [7, 11) is 1.51. The minimum atomic E-state index is -0.0305. The molecule has 3 nitrogen and oxygen atoms in total. The third kappa shape index (κ3) is 3.93. The van der Waals surface area contributed by atoms with Crippen molar-refractivity contribution < 1.29 is 14.3 Å². The number of ether oxygens (including phenoxy) is 2. The van der Waals surface area contributed by atoms with Crippen molar-refractivity contribution in [2.45, 2.75) is 6.61 Å². The standard InChI is InChI=1S/C16H16O3/c1-18-12-16(17)14-7-9-15(10-8-14)19-11-13-5-3-2-4-6-13/h2-10H,11-12H2,1H3. The zero-order chi connectivity index (χ0) is 13.5. The van der Waals surface area contributed by atoms with Gasteiger partial charge in [-0.2, -0.15) is 0 Å². The van der Waals surface area contributed by atoms with E-state index in [0.29, 0.717) is 12.2 Å². The van der Waals surface area contributed by atoms with Gasteiger partial charge in [0.05, 0.1) is 0 Å². The van der Waals surface area contributed by atoms with Crippen molar-refractivity contribution in [2.75, 3.05) is 13.7 Å². The summed E-state index contributed by atoms with van der Waals surface area (Å²) in [6.07, 6.45) is 0. The van der Waals surface area contributed by atoms with Gasteiger partial charge in [-0.3, -0.25) is 4.79 Å². The molecule has 2 rings (SSSR count). The Morgan fingerprint density at radius 2 is 1.68 bits per heavy atom. The number of ketones is 1. The fraction of sp³-hybridized carbons (Fsp3) is 0.188. The van der Waals surface area contributed by atoms with Crippen molar-refractivity contribution in [3.8, 4) is 5.75 Å². The molecule has 0 amide bonds. The molecular formula is C16H16O3. The Morgan fingerprint density at radius 3 is 2.32 bits per heavy atom. The van der Waals surface area contributed by atoms with Gasteiger partial charge in [-0.1, -0.05) is 30.3 Å². The van der Waals surface area contributed by atoms with E-state index in [1.165, 1.54) is 7.11 Å². The van der Waals surface area contributed by atoms with Crippen LogP contribution in [0.25, 0.3) is 0 Å². The molecular weight excluding hydrogens is 240 g/mol. The maximum absolute atomic E-state index is 11.6. The molecule has 0 unspecified atom stereocenters. The summed E-state index contributed by atoms with van der Waals surface area (Å²) in [6, 6.07) is 17.0. The second-order valence-corrected chi connectivity index (χ2v) is 4.15. The van der Waals surface area contributed by atoms with Gasteiger partial charge in [0.25, 0.3) is 0 Å². The van der Waals surface area contributed by atoms with Crippen molar-refractivity contribution >= 4 is 5.78 Å². The molecule has 0 atom stereocenters. The number of carbonyl (C=O) groups excluding carboxylic acids is 1. The Balaban J connectivity index is 1.94. The Labute approximate surface area is 112 Å². The van der Waals surface area contributed by atoms with Crippen LogP contribution in [0.1, 0.15) is 15.9 Å². The highest BCUT2D eigenvalue weighted by molar-refractivity contribution is 5.97. The summed E-state index contributed by atoms with van der Waals surface area (Å²) in [5.41, 5.74) is 1.75. The van der Waals surface area contributed by atoms with E-state index in [2.05, 4.69) is 0 Å². The SMILES string of the molecule is COCC(=O)c1ccc(OCc2ccccc2)cc1.